The second kappa shape index (κ2) is 3.49. The van der Waals surface area contributed by atoms with Crippen molar-refractivity contribution in [3.05, 3.63) is 12.4 Å². The van der Waals surface area contributed by atoms with Gasteiger partial charge in [0.15, 0.2) is 5.75 Å². The lowest BCUT2D eigenvalue weighted by Crippen LogP contribution is -2.07. The van der Waals surface area contributed by atoms with Crippen molar-refractivity contribution in [1.82, 2.24) is 9.97 Å². The molecule has 1 fully saturated rings. The van der Waals surface area contributed by atoms with Crippen molar-refractivity contribution in [1.29, 1.82) is 0 Å². The Balaban J connectivity index is 1.97. The molecule has 2 N–H and O–H groups in total. The second-order valence-electron chi connectivity index (χ2n) is 3.03. The summed E-state index contributed by atoms with van der Waals surface area (Å²) in [6, 6.07) is 0.473. The molecule has 74 valence electrons. The predicted molar refractivity (Wildman–Crippen MR) is 47.3 cm³/mol. The molecule has 0 unspecified atom stereocenters. The molecule has 2 rings (SSSR count). The van der Waals surface area contributed by atoms with Gasteiger partial charge in [-0.05, 0) is 12.8 Å². The minimum absolute atomic E-state index is 0.124. The van der Waals surface area contributed by atoms with Gasteiger partial charge in [0.2, 0.25) is 5.95 Å². The number of aromatic nitrogens is 2. The number of nitrogens with one attached hydrogen (secondary N) is 1. The summed E-state index contributed by atoms with van der Waals surface area (Å²) >= 11 is 0. The van der Waals surface area contributed by atoms with E-state index in [4.69, 9.17) is 5.11 Å². The molecular weight excluding hydrogens is 186 g/mol. The normalized spacial score (nSPS) is 14.9. The fourth-order valence-electron chi connectivity index (χ4n) is 0.954. The number of rotatable bonds is 3. The van der Waals surface area contributed by atoms with Crippen molar-refractivity contribution < 1.29 is 14.6 Å². The summed E-state index contributed by atoms with van der Waals surface area (Å²) in [5.41, 5.74) is 0. The molecule has 0 aromatic carbocycles. The van der Waals surface area contributed by atoms with E-state index < -0.39 is 6.16 Å². The molecule has 1 aliphatic rings. The van der Waals surface area contributed by atoms with Gasteiger partial charge in [-0.25, -0.2) is 14.8 Å². The number of ether oxygens (including phenoxy) is 1. The van der Waals surface area contributed by atoms with Crippen molar-refractivity contribution in [2.24, 2.45) is 0 Å². The maximum Gasteiger partial charge on any atom is 0.511 e. The third-order valence-corrected chi connectivity index (χ3v) is 1.74. The smallest absolute Gasteiger partial charge is 0.449 e. The summed E-state index contributed by atoms with van der Waals surface area (Å²) in [5.74, 6) is 0.629. The van der Waals surface area contributed by atoms with E-state index >= 15 is 0 Å². The molecule has 0 spiro atoms. The van der Waals surface area contributed by atoms with Crippen molar-refractivity contribution in [3.8, 4) is 5.75 Å². The number of carbonyl (C=O) groups is 1. The Morgan fingerprint density at radius 1 is 1.50 bits per heavy atom. The van der Waals surface area contributed by atoms with Gasteiger partial charge in [0, 0.05) is 6.04 Å². The fraction of sp³-hybridized carbons (Fsp3) is 0.375. The van der Waals surface area contributed by atoms with Crippen LogP contribution in [0.1, 0.15) is 12.8 Å². The van der Waals surface area contributed by atoms with Gasteiger partial charge in [0.1, 0.15) is 0 Å². The Bertz CT molecular complexity index is 334. The highest BCUT2D eigenvalue weighted by molar-refractivity contribution is 5.60. The predicted octanol–water partition coefficient (Wildman–Crippen LogP) is 1.11. The summed E-state index contributed by atoms with van der Waals surface area (Å²) in [6.45, 7) is 0. The summed E-state index contributed by atoms with van der Waals surface area (Å²) in [4.78, 5) is 18.0. The maximum atomic E-state index is 10.1. The summed E-state index contributed by atoms with van der Waals surface area (Å²) in [5, 5.41) is 11.4. The van der Waals surface area contributed by atoms with Crippen LogP contribution in [-0.4, -0.2) is 27.3 Å². The Hall–Kier alpha value is -1.85. The van der Waals surface area contributed by atoms with Gasteiger partial charge in [-0.15, -0.1) is 0 Å². The van der Waals surface area contributed by atoms with Crippen LogP contribution >= 0.6 is 0 Å². The summed E-state index contributed by atoms with van der Waals surface area (Å²) in [7, 11) is 0. The van der Waals surface area contributed by atoms with Crippen LogP contribution in [0, 0.1) is 0 Å². The van der Waals surface area contributed by atoms with E-state index in [0.717, 1.165) is 12.8 Å². The number of hydrogen-bond donors (Lipinski definition) is 2. The zero-order chi connectivity index (χ0) is 9.97. The van der Waals surface area contributed by atoms with Gasteiger partial charge < -0.3 is 15.2 Å². The van der Waals surface area contributed by atoms with E-state index in [9.17, 15) is 4.79 Å². The quantitative estimate of drug-likeness (QED) is 0.703. The van der Waals surface area contributed by atoms with Crippen molar-refractivity contribution in [2.45, 2.75) is 18.9 Å². The number of carboxylic acid groups (broad SMARTS) is 1. The Morgan fingerprint density at radius 2 is 2.14 bits per heavy atom. The highest BCUT2D eigenvalue weighted by atomic mass is 16.7. The van der Waals surface area contributed by atoms with E-state index in [1.165, 1.54) is 12.4 Å². The fourth-order valence-corrected chi connectivity index (χ4v) is 0.954. The molecule has 0 amide bonds. The first-order valence-corrected chi connectivity index (χ1v) is 4.23. The zero-order valence-corrected chi connectivity index (χ0v) is 7.30. The average molecular weight is 195 g/mol. The van der Waals surface area contributed by atoms with Crippen LogP contribution < -0.4 is 10.1 Å². The summed E-state index contributed by atoms with van der Waals surface area (Å²) < 4.78 is 4.35. The van der Waals surface area contributed by atoms with Gasteiger partial charge >= 0.3 is 6.16 Å². The van der Waals surface area contributed by atoms with Gasteiger partial charge in [0.25, 0.3) is 0 Å². The molecule has 0 bridgehead atoms. The van der Waals surface area contributed by atoms with Gasteiger partial charge in [-0.3, -0.25) is 0 Å². The van der Waals surface area contributed by atoms with Gasteiger partial charge in [0.05, 0.1) is 12.4 Å². The van der Waals surface area contributed by atoms with E-state index in [0.29, 0.717) is 12.0 Å². The van der Waals surface area contributed by atoms with E-state index in [1.54, 1.807) is 0 Å². The van der Waals surface area contributed by atoms with Gasteiger partial charge in [-0.1, -0.05) is 0 Å². The monoisotopic (exact) mass is 195 g/mol. The molecule has 1 aliphatic carbocycles. The number of hydrogen-bond acceptors (Lipinski definition) is 5. The van der Waals surface area contributed by atoms with Crippen molar-refractivity contribution >= 4 is 12.1 Å². The van der Waals surface area contributed by atoms with E-state index in [-0.39, 0.29) is 5.75 Å². The van der Waals surface area contributed by atoms with E-state index in [1.807, 2.05) is 0 Å². The molecule has 14 heavy (non-hydrogen) atoms. The molecule has 6 heteroatoms. The second-order valence-corrected chi connectivity index (χ2v) is 3.03. The molecular formula is C8H9N3O3. The topological polar surface area (TPSA) is 84.3 Å². The molecule has 1 aromatic heterocycles. The third-order valence-electron chi connectivity index (χ3n) is 1.74. The molecule has 0 saturated heterocycles. The Morgan fingerprint density at radius 3 is 2.64 bits per heavy atom. The van der Waals surface area contributed by atoms with Crippen molar-refractivity contribution in [2.75, 3.05) is 5.32 Å². The molecule has 0 radical (unpaired) electrons. The average Bonchev–Trinajstić information content (AvgIpc) is 2.91. The van der Waals surface area contributed by atoms with Crippen LogP contribution in [0.3, 0.4) is 0 Å². The zero-order valence-electron chi connectivity index (χ0n) is 7.30. The molecule has 0 atom stereocenters. The van der Waals surface area contributed by atoms with Crippen LogP contribution in [0.5, 0.6) is 5.75 Å². The van der Waals surface area contributed by atoms with Crippen LogP contribution in [-0.2, 0) is 0 Å². The molecule has 6 nitrogen and oxygen atoms in total. The lowest BCUT2D eigenvalue weighted by molar-refractivity contribution is 0.144. The van der Waals surface area contributed by atoms with E-state index in [2.05, 4.69) is 20.0 Å². The molecule has 1 heterocycles. The maximum absolute atomic E-state index is 10.1. The number of anilines is 1. The van der Waals surface area contributed by atoms with Crippen LogP contribution in [0.2, 0.25) is 0 Å². The first kappa shape index (κ1) is 8.74. The minimum atomic E-state index is -1.36. The first-order chi connectivity index (χ1) is 6.74. The minimum Gasteiger partial charge on any atom is -0.449 e. The van der Waals surface area contributed by atoms with Crippen LogP contribution in [0.4, 0.5) is 10.7 Å². The SMILES string of the molecule is O=C(O)Oc1cnc(NC2CC2)nc1. The largest absolute Gasteiger partial charge is 0.511 e. The van der Waals surface area contributed by atoms with Crippen molar-refractivity contribution in [3.63, 3.8) is 0 Å². The van der Waals surface area contributed by atoms with Crippen LogP contribution in [0.15, 0.2) is 12.4 Å². The standard InChI is InChI=1S/C8H9N3O3/c12-8(13)14-6-3-9-7(10-4-6)11-5-1-2-5/h3-5H,1-2H2,(H,12,13)(H,9,10,11). The molecule has 1 saturated carbocycles. The lowest BCUT2D eigenvalue weighted by Gasteiger charge is -2.02. The highest BCUT2D eigenvalue weighted by Crippen LogP contribution is 2.22. The Labute approximate surface area is 79.9 Å². The number of nitrogens with zero attached hydrogens (tertiary/aromatic N) is 2. The molecule has 0 aliphatic heterocycles. The summed E-state index contributed by atoms with van der Waals surface area (Å²) in [6.07, 6.45) is 3.56. The third kappa shape index (κ3) is 2.32. The van der Waals surface area contributed by atoms with Crippen LogP contribution in [0.25, 0.3) is 0 Å². The lowest BCUT2D eigenvalue weighted by atomic mass is 10.6. The Kier molecular flexibility index (Phi) is 2.18. The first-order valence-electron chi connectivity index (χ1n) is 4.23. The highest BCUT2D eigenvalue weighted by Gasteiger charge is 2.21. The molecule has 1 aromatic rings. The van der Waals surface area contributed by atoms with Gasteiger partial charge in [-0.2, -0.15) is 0 Å².